The summed E-state index contributed by atoms with van der Waals surface area (Å²) in [5, 5.41) is -0.266. The molecular formula is C42H47NO8Si. The Morgan fingerprint density at radius 1 is 0.769 bits per heavy atom. The van der Waals surface area contributed by atoms with Crippen LogP contribution < -0.4 is 14.2 Å². The fraction of sp³-hybridized carbons (Fsp3) is 0.333. The van der Waals surface area contributed by atoms with Gasteiger partial charge >= 0.3 is 6.09 Å². The number of methoxy groups -OCH3 is 3. The Kier molecular flexibility index (Phi) is 12.3. The molecule has 272 valence electrons. The molecule has 52 heavy (non-hydrogen) atoms. The zero-order valence-corrected chi connectivity index (χ0v) is 32.8. The van der Waals surface area contributed by atoms with Crippen molar-refractivity contribution >= 4 is 20.7 Å². The van der Waals surface area contributed by atoms with Crippen molar-refractivity contribution in [3.05, 3.63) is 112 Å². The predicted molar refractivity (Wildman–Crippen MR) is 203 cm³/mol. The molecule has 1 aliphatic rings. The van der Waals surface area contributed by atoms with Crippen LogP contribution in [-0.2, 0) is 18.7 Å². The molecule has 4 rings (SSSR count). The van der Waals surface area contributed by atoms with Crippen molar-refractivity contribution in [3.8, 4) is 40.9 Å². The minimum Gasteiger partial charge on any atom is -0.493 e. The van der Waals surface area contributed by atoms with E-state index in [1.807, 2.05) is 60.7 Å². The van der Waals surface area contributed by atoms with E-state index in [1.165, 1.54) is 26.2 Å². The first kappa shape index (κ1) is 39.4. The standard InChI is InChI=1S/C42H47NO8Si/c1-41(2,3)50-40(45)43-32(24-22-29-18-14-12-15-19-29)36(28-44)49-38(33(43)25-23-30-20-16-13-17-21-30)37(51-52(10,11)42(4,5)6)31-26-34(46-7)39(48-9)35(27-31)47-8/h12-21,26-28,37H,1-11H3. The Bertz CT molecular complexity index is 1940. The first-order valence-corrected chi connectivity index (χ1v) is 19.7. The van der Waals surface area contributed by atoms with Gasteiger partial charge in [0.05, 0.1) is 21.3 Å². The molecule has 0 aliphatic carbocycles. The normalized spacial score (nSPS) is 13.9. The summed E-state index contributed by atoms with van der Waals surface area (Å²) in [6.45, 7) is 15.8. The van der Waals surface area contributed by atoms with Gasteiger partial charge in [0.2, 0.25) is 5.75 Å². The van der Waals surface area contributed by atoms with Gasteiger partial charge in [0, 0.05) is 11.1 Å². The van der Waals surface area contributed by atoms with Crippen LogP contribution in [0.1, 0.15) is 64.3 Å². The molecule has 0 bridgehead atoms. The summed E-state index contributed by atoms with van der Waals surface area (Å²) >= 11 is 0. The molecule has 1 unspecified atom stereocenters. The molecule has 0 saturated carbocycles. The number of benzene rings is 3. The smallest absolute Gasteiger partial charge is 0.420 e. The zero-order chi connectivity index (χ0) is 38.3. The average molecular weight is 722 g/mol. The van der Waals surface area contributed by atoms with Crippen molar-refractivity contribution in [1.29, 1.82) is 0 Å². The predicted octanol–water partition coefficient (Wildman–Crippen LogP) is 8.77. The Hall–Kier alpha value is -5.42. The Morgan fingerprint density at radius 3 is 1.69 bits per heavy atom. The van der Waals surface area contributed by atoms with E-state index in [-0.39, 0.29) is 28.0 Å². The number of hydrogen-bond acceptors (Lipinski definition) is 8. The highest BCUT2D eigenvalue weighted by Gasteiger charge is 2.45. The average Bonchev–Trinajstić information content (AvgIpc) is 3.10. The van der Waals surface area contributed by atoms with E-state index in [4.69, 9.17) is 28.1 Å². The molecule has 0 spiro atoms. The summed E-state index contributed by atoms with van der Waals surface area (Å²) in [7, 11) is 1.89. The molecule has 0 aromatic heterocycles. The highest BCUT2D eigenvalue weighted by Crippen LogP contribution is 2.48. The van der Waals surface area contributed by atoms with Crippen LogP contribution >= 0.6 is 0 Å². The summed E-state index contributed by atoms with van der Waals surface area (Å²) in [4.78, 5) is 28.6. The molecule has 3 aromatic carbocycles. The van der Waals surface area contributed by atoms with Gasteiger partial charge in [-0.05, 0) is 92.7 Å². The Morgan fingerprint density at radius 2 is 1.27 bits per heavy atom. The summed E-state index contributed by atoms with van der Waals surface area (Å²) in [6.07, 6.45) is -1.32. The Labute approximate surface area is 308 Å². The van der Waals surface area contributed by atoms with Gasteiger partial charge in [0.25, 0.3) is 0 Å². The van der Waals surface area contributed by atoms with Crippen molar-refractivity contribution in [2.24, 2.45) is 0 Å². The van der Waals surface area contributed by atoms with Gasteiger partial charge in [0.15, 0.2) is 37.6 Å². The van der Waals surface area contributed by atoms with Gasteiger partial charge in [-0.1, -0.05) is 69.0 Å². The van der Waals surface area contributed by atoms with Crippen LogP contribution in [0.5, 0.6) is 17.2 Å². The number of nitrogens with zero attached hydrogens (tertiary/aromatic N) is 1. The number of carbonyl (C=O) groups is 2. The van der Waals surface area contributed by atoms with Gasteiger partial charge in [0.1, 0.15) is 23.1 Å². The van der Waals surface area contributed by atoms with Gasteiger partial charge in [-0.25, -0.2) is 9.69 Å². The first-order chi connectivity index (χ1) is 24.5. The van der Waals surface area contributed by atoms with Crippen LogP contribution in [0, 0.1) is 23.7 Å². The fourth-order valence-corrected chi connectivity index (χ4v) is 6.02. The Balaban J connectivity index is 2.15. The molecule has 0 fully saturated rings. The second-order valence-corrected chi connectivity index (χ2v) is 19.2. The van der Waals surface area contributed by atoms with Crippen LogP contribution in [0.15, 0.2) is 95.7 Å². The van der Waals surface area contributed by atoms with E-state index in [0.29, 0.717) is 40.2 Å². The van der Waals surface area contributed by atoms with E-state index < -0.39 is 26.1 Å². The third-order valence-corrected chi connectivity index (χ3v) is 12.9. The monoisotopic (exact) mass is 721 g/mol. The lowest BCUT2D eigenvalue weighted by Gasteiger charge is -2.41. The number of allylic oxidation sites excluding steroid dienone is 3. The van der Waals surface area contributed by atoms with Crippen LogP contribution in [-0.4, -0.2) is 52.5 Å². The van der Waals surface area contributed by atoms with Crippen LogP contribution in [0.3, 0.4) is 0 Å². The van der Waals surface area contributed by atoms with Gasteiger partial charge in [-0.2, -0.15) is 0 Å². The van der Waals surface area contributed by atoms with Crippen molar-refractivity contribution in [3.63, 3.8) is 0 Å². The molecule has 10 heteroatoms. The molecule has 0 N–H and O–H groups in total. The maximum atomic E-state index is 14.4. The highest BCUT2D eigenvalue weighted by atomic mass is 28.4. The first-order valence-electron chi connectivity index (χ1n) is 16.8. The number of ether oxygens (including phenoxy) is 5. The number of aldehydes is 1. The summed E-state index contributed by atoms with van der Waals surface area (Å²) in [5.41, 5.74) is 1.01. The van der Waals surface area contributed by atoms with Gasteiger partial charge in [-0.3, -0.25) is 4.79 Å². The number of hydrogen-bond donors (Lipinski definition) is 0. The van der Waals surface area contributed by atoms with E-state index >= 15 is 0 Å². The third-order valence-electron chi connectivity index (χ3n) is 8.46. The van der Waals surface area contributed by atoms with Crippen LogP contribution in [0.25, 0.3) is 0 Å². The molecule has 1 atom stereocenters. The maximum Gasteiger partial charge on any atom is 0.420 e. The minimum atomic E-state index is -2.67. The second-order valence-electron chi connectivity index (χ2n) is 14.4. The van der Waals surface area contributed by atoms with Crippen molar-refractivity contribution in [1.82, 2.24) is 4.90 Å². The summed E-state index contributed by atoms with van der Waals surface area (Å²) < 4.78 is 36.7. The van der Waals surface area contributed by atoms with Crippen LogP contribution in [0.4, 0.5) is 4.79 Å². The van der Waals surface area contributed by atoms with Crippen molar-refractivity contribution in [2.75, 3.05) is 21.3 Å². The van der Waals surface area contributed by atoms with Crippen LogP contribution in [0.2, 0.25) is 18.1 Å². The quantitative estimate of drug-likeness (QED) is 0.130. The summed E-state index contributed by atoms with van der Waals surface area (Å²) in [5.74, 6) is 13.4. The molecule has 3 aromatic rings. The number of amides is 1. The van der Waals surface area contributed by atoms with Crippen molar-refractivity contribution < 1.29 is 37.7 Å². The summed E-state index contributed by atoms with van der Waals surface area (Å²) in [6, 6.07) is 22.0. The third kappa shape index (κ3) is 9.27. The number of rotatable bonds is 8. The van der Waals surface area contributed by atoms with E-state index in [0.717, 1.165) is 0 Å². The van der Waals surface area contributed by atoms with Gasteiger partial charge in [-0.15, -0.1) is 0 Å². The molecule has 0 saturated heterocycles. The zero-order valence-electron chi connectivity index (χ0n) is 31.8. The molecular weight excluding hydrogens is 675 g/mol. The maximum absolute atomic E-state index is 14.4. The second kappa shape index (κ2) is 16.3. The lowest BCUT2D eigenvalue weighted by molar-refractivity contribution is -0.107. The number of carbonyl (C=O) groups excluding carboxylic acids is 2. The fourth-order valence-electron chi connectivity index (χ4n) is 4.83. The van der Waals surface area contributed by atoms with E-state index in [9.17, 15) is 9.59 Å². The lowest BCUT2D eigenvalue weighted by Crippen LogP contribution is -2.44. The topological polar surface area (TPSA) is 92.8 Å². The molecule has 9 nitrogen and oxygen atoms in total. The van der Waals surface area contributed by atoms with Crippen molar-refractivity contribution in [2.45, 2.75) is 71.4 Å². The molecule has 1 amide bonds. The minimum absolute atomic E-state index is 0.0369. The largest absolute Gasteiger partial charge is 0.493 e. The molecule has 1 heterocycles. The van der Waals surface area contributed by atoms with E-state index in [2.05, 4.69) is 57.5 Å². The molecule has 0 radical (unpaired) electrons. The van der Waals surface area contributed by atoms with E-state index in [1.54, 1.807) is 32.9 Å². The lowest BCUT2D eigenvalue weighted by atomic mass is 10.0. The van der Waals surface area contributed by atoms with Gasteiger partial charge < -0.3 is 28.1 Å². The molecule has 1 aliphatic heterocycles. The highest BCUT2D eigenvalue weighted by molar-refractivity contribution is 6.74. The SMILES string of the molecule is COc1cc(C(O[Si](C)(C)C(C)(C)C)C2=C(C#Cc3ccccc3)N(C(=O)OC(C)(C)C)C(C#Cc3ccccc3)=C(C=O)O2)cc(OC)c1OC.